The largest absolute Gasteiger partial charge is 0.497 e. The van der Waals surface area contributed by atoms with Crippen molar-refractivity contribution in [2.45, 2.75) is 25.9 Å². The van der Waals surface area contributed by atoms with E-state index in [1.807, 2.05) is 12.1 Å². The Morgan fingerprint density at radius 2 is 2.29 bits per heavy atom. The zero-order valence-corrected chi connectivity index (χ0v) is 8.79. The van der Waals surface area contributed by atoms with Gasteiger partial charge in [0.25, 0.3) is 0 Å². The van der Waals surface area contributed by atoms with Crippen molar-refractivity contribution in [1.82, 2.24) is 5.32 Å². The molecule has 2 rings (SSSR count). The summed E-state index contributed by atoms with van der Waals surface area (Å²) in [4.78, 5) is 0. The Bertz CT molecular complexity index is 311. The first kappa shape index (κ1) is 9.53. The van der Waals surface area contributed by atoms with Gasteiger partial charge >= 0.3 is 0 Å². The zero-order chi connectivity index (χ0) is 9.97. The van der Waals surface area contributed by atoms with Gasteiger partial charge in [0.1, 0.15) is 5.75 Å². The molecule has 1 aliphatic rings. The Morgan fingerprint density at radius 1 is 1.50 bits per heavy atom. The van der Waals surface area contributed by atoms with E-state index in [0.29, 0.717) is 0 Å². The third-order valence-corrected chi connectivity index (χ3v) is 2.81. The molecule has 1 aliphatic carbocycles. The molecule has 2 heteroatoms. The van der Waals surface area contributed by atoms with Crippen LogP contribution in [0.15, 0.2) is 24.3 Å². The Labute approximate surface area is 85.3 Å². The normalized spacial score (nSPS) is 24.7. The molecular weight excluding hydrogens is 174 g/mol. The number of hydrogen-bond donors (Lipinski definition) is 1. The van der Waals surface area contributed by atoms with E-state index in [2.05, 4.69) is 24.4 Å². The highest BCUT2D eigenvalue weighted by molar-refractivity contribution is 5.28. The summed E-state index contributed by atoms with van der Waals surface area (Å²) in [5, 5.41) is 3.52. The van der Waals surface area contributed by atoms with Crippen molar-refractivity contribution in [2.75, 3.05) is 7.11 Å². The molecule has 2 atom stereocenters. The van der Waals surface area contributed by atoms with Crippen LogP contribution in [0.3, 0.4) is 0 Å². The van der Waals surface area contributed by atoms with Gasteiger partial charge in [0.2, 0.25) is 0 Å². The minimum absolute atomic E-state index is 0.737. The minimum atomic E-state index is 0.737. The van der Waals surface area contributed by atoms with Gasteiger partial charge in [-0.15, -0.1) is 0 Å². The summed E-state index contributed by atoms with van der Waals surface area (Å²) in [7, 11) is 1.70. The highest BCUT2D eigenvalue weighted by atomic mass is 16.5. The maximum atomic E-state index is 5.17. The molecule has 0 saturated heterocycles. The van der Waals surface area contributed by atoms with E-state index in [4.69, 9.17) is 4.74 Å². The second-order valence-corrected chi connectivity index (χ2v) is 4.05. The number of nitrogens with one attached hydrogen (secondary N) is 1. The molecule has 0 bridgehead atoms. The highest BCUT2D eigenvalue weighted by Crippen LogP contribution is 2.29. The van der Waals surface area contributed by atoms with Crippen LogP contribution in [0.5, 0.6) is 5.75 Å². The molecule has 0 amide bonds. The van der Waals surface area contributed by atoms with Crippen LogP contribution >= 0.6 is 0 Å². The van der Waals surface area contributed by atoms with Gasteiger partial charge in [0.05, 0.1) is 7.11 Å². The molecule has 1 N–H and O–H groups in total. The predicted octanol–water partition coefficient (Wildman–Crippen LogP) is 2.19. The van der Waals surface area contributed by atoms with Gasteiger partial charge < -0.3 is 10.1 Å². The van der Waals surface area contributed by atoms with Crippen molar-refractivity contribution in [3.63, 3.8) is 0 Å². The summed E-state index contributed by atoms with van der Waals surface area (Å²) in [6.45, 7) is 3.23. The standard InChI is InChI=1S/C12H17NO/c1-9-6-12(9)13-8-10-4-3-5-11(7-10)14-2/h3-5,7,9,12-13H,6,8H2,1-2H3. The van der Waals surface area contributed by atoms with Crippen LogP contribution in [0.1, 0.15) is 18.9 Å². The minimum Gasteiger partial charge on any atom is -0.497 e. The molecule has 0 aliphatic heterocycles. The van der Waals surface area contributed by atoms with Gasteiger partial charge in [0.15, 0.2) is 0 Å². The van der Waals surface area contributed by atoms with Gasteiger partial charge in [-0.1, -0.05) is 19.1 Å². The molecule has 0 aromatic heterocycles. The van der Waals surface area contributed by atoms with E-state index in [9.17, 15) is 0 Å². The van der Waals surface area contributed by atoms with Gasteiger partial charge in [-0.25, -0.2) is 0 Å². The molecule has 2 unspecified atom stereocenters. The SMILES string of the molecule is COc1cccc(CNC2CC2C)c1. The number of benzene rings is 1. The summed E-state index contributed by atoms with van der Waals surface area (Å²) < 4.78 is 5.17. The number of rotatable bonds is 4. The first-order chi connectivity index (χ1) is 6.79. The third-order valence-electron chi connectivity index (χ3n) is 2.81. The maximum absolute atomic E-state index is 5.17. The van der Waals surface area contributed by atoms with E-state index in [-0.39, 0.29) is 0 Å². The van der Waals surface area contributed by atoms with Crippen LogP contribution in [0.4, 0.5) is 0 Å². The number of methoxy groups -OCH3 is 1. The smallest absolute Gasteiger partial charge is 0.119 e. The molecule has 0 spiro atoms. The van der Waals surface area contributed by atoms with Gasteiger partial charge in [-0.2, -0.15) is 0 Å². The van der Waals surface area contributed by atoms with E-state index < -0.39 is 0 Å². The molecule has 1 aromatic carbocycles. The van der Waals surface area contributed by atoms with Crippen molar-refractivity contribution in [2.24, 2.45) is 5.92 Å². The van der Waals surface area contributed by atoms with Crippen LogP contribution in [0, 0.1) is 5.92 Å². The van der Waals surface area contributed by atoms with Crippen LogP contribution in [-0.2, 0) is 6.54 Å². The molecule has 0 heterocycles. The van der Waals surface area contributed by atoms with Crippen molar-refractivity contribution >= 4 is 0 Å². The molecule has 1 aromatic rings. The van der Waals surface area contributed by atoms with Gasteiger partial charge in [0, 0.05) is 12.6 Å². The first-order valence-corrected chi connectivity index (χ1v) is 5.16. The molecule has 14 heavy (non-hydrogen) atoms. The van der Waals surface area contributed by atoms with Crippen molar-refractivity contribution in [1.29, 1.82) is 0 Å². The van der Waals surface area contributed by atoms with E-state index in [1.54, 1.807) is 7.11 Å². The molecule has 1 fully saturated rings. The quantitative estimate of drug-likeness (QED) is 0.787. The Hall–Kier alpha value is -1.02. The second kappa shape index (κ2) is 4.01. The summed E-state index contributed by atoms with van der Waals surface area (Å²) in [6, 6.07) is 8.96. The van der Waals surface area contributed by atoms with E-state index >= 15 is 0 Å². The molecule has 76 valence electrons. The fraction of sp³-hybridized carbons (Fsp3) is 0.500. The lowest BCUT2D eigenvalue weighted by molar-refractivity contribution is 0.414. The zero-order valence-electron chi connectivity index (χ0n) is 8.79. The molecule has 1 saturated carbocycles. The summed E-state index contributed by atoms with van der Waals surface area (Å²) in [6.07, 6.45) is 1.32. The lowest BCUT2D eigenvalue weighted by Gasteiger charge is -2.05. The topological polar surface area (TPSA) is 21.3 Å². The Balaban J connectivity index is 1.88. The molecular formula is C12H17NO. The molecule has 0 radical (unpaired) electrons. The summed E-state index contributed by atoms with van der Waals surface area (Å²) in [5.74, 6) is 1.80. The third kappa shape index (κ3) is 2.26. The van der Waals surface area contributed by atoms with Crippen LogP contribution in [0.25, 0.3) is 0 Å². The van der Waals surface area contributed by atoms with Crippen molar-refractivity contribution in [3.05, 3.63) is 29.8 Å². The Morgan fingerprint density at radius 3 is 2.93 bits per heavy atom. The maximum Gasteiger partial charge on any atom is 0.119 e. The fourth-order valence-corrected chi connectivity index (χ4v) is 1.64. The summed E-state index contributed by atoms with van der Waals surface area (Å²) in [5.41, 5.74) is 1.29. The predicted molar refractivity (Wildman–Crippen MR) is 57.4 cm³/mol. The lowest BCUT2D eigenvalue weighted by atomic mass is 10.2. The average Bonchev–Trinajstić information content (AvgIpc) is 2.92. The van der Waals surface area contributed by atoms with Crippen molar-refractivity contribution < 1.29 is 4.74 Å². The lowest BCUT2D eigenvalue weighted by Crippen LogP contribution is -2.16. The monoisotopic (exact) mass is 191 g/mol. The van der Waals surface area contributed by atoms with Gasteiger partial charge in [-0.3, -0.25) is 0 Å². The van der Waals surface area contributed by atoms with E-state index in [0.717, 1.165) is 24.3 Å². The van der Waals surface area contributed by atoms with Crippen molar-refractivity contribution in [3.8, 4) is 5.75 Å². The summed E-state index contributed by atoms with van der Waals surface area (Å²) >= 11 is 0. The fourth-order valence-electron chi connectivity index (χ4n) is 1.64. The number of ether oxygens (including phenoxy) is 1. The van der Waals surface area contributed by atoms with Crippen LogP contribution < -0.4 is 10.1 Å². The van der Waals surface area contributed by atoms with Crippen LogP contribution in [-0.4, -0.2) is 13.2 Å². The van der Waals surface area contributed by atoms with E-state index in [1.165, 1.54) is 12.0 Å². The first-order valence-electron chi connectivity index (χ1n) is 5.16. The molecule has 2 nitrogen and oxygen atoms in total. The average molecular weight is 191 g/mol. The number of hydrogen-bond acceptors (Lipinski definition) is 2. The Kier molecular flexibility index (Phi) is 2.73. The second-order valence-electron chi connectivity index (χ2n) is 4.05. The van der Waals surface area contributed by atoms with Crippen LogP contribution in [0.2, 0.25) is 0 Å². The van der Waals surface area contributed by atoms with Gasteiger partial charge in [-0.05, 0) is 30.0 Å². The highest BCUT2D eigenvalue weighted by Gasteiger charge is 2.31.